The monoisotopic (exact) mass is 794 g/mol. The predicted molar refractivity (Wildman–Crippen MR) is 212 cm³/mol. The average molecular weight is 795 g/mol. The number of esters is 1. The molecule has 12 heteroatoms. The lowest BCUT2D eigenvalue weighted by molar-refractivity contribution is -0.151. The zero-order chi connectivity index (χ0) is 41.2. The molecule has 302 valence electrons. The first kappa shape index (κ1) is 42.6. The number of halogens is 4. The summed E-state index contributed by atoms with van der Waals surface area (Å²) in [7, 11) is 0. The second kappa shape index (κ2) is 16.9. The molecule has 0 radical (unpaired) electrons. The number of nitrogens with zero attached hydrogens (tertiary/aromatic N) is 1. The standard InChI is InChI=1S/C44H52ClF3N3O5/c1-9-31-24-43(31,41(54)55-19-18-27(4)28(5)26(2)3)50-39(52)37-21-30-20-36(56-35-15-11-13-33(45)23-35)17-16-29(30)25-51(37)40(53)38(42(6,7)8)49-34-14-10-12-32(22-34)44(46,47)48/h9-17,20,22-23,26-28,31,37-38,49H,1-2,18-19,21,24-25H2,3-8H3,(H,50,52)/q-1. The van der Waals surface area contributed by atoms with E-state index in [1.165, 1.54) is 17.0 Å². The number of hydrogen-bond donors (Lipinski definition) is 2. The first-order chi connectivity index (χ1) is 26.2. The van der Waals surface area contributed by atoms with Crippen molar-refractivity contribution < 1.29 is 37.0 Å². The largest absolute Gasteiger partial charge is 0.464 e. The fraction of sp³-hybridized carbons (Fsp3) is 0.455. The minimum atomic E-state index is -4.58. The summed E-state index contributed by atoms with van der Waals surface area (Å²) in [6, 6.07) is 14.8. The van der Waals surface area contributed by atoms with Crippen LogP contribution in [-0.4, -0.2) is 46.9 Å². The third-order valence-electron chi connectivity index (χ3n) is 11.2. The number of rotatable bonds is 14. The van der Waals surface area contributed by atoms with Gasteiger partial charge in [-0.1, -0.05) is 83.3 Å². The molecule has 2 N–H and O–H groups in total. The van der Waals surface area contributed by atoms with E-state index < -0.39 is 52.6 Å². The number of alkyl halides is 3. The van der Waals surface area contributed by atoms with Crippen LogP contribution >= 0.6 is 11.6 Å². The highest BCUT2D eigenvalue weighted by atomic mass is 35.5. The highest BCUT2D eigenvalue weighted by molar-refractivity contribution is 6.30. The Labute approximate surface area is 333 Å². The molecular formula is C44H52ClF3N3O5-. The Bertz CT molecular complexity index is 1930. The number of benzene rings is 3. The summed E-state index contributed by atoms with van der Waals surface area (Å²) in [6.45, 7) is 19.8. The summed E-state index contributed by atoms with van der Waals surface area (Å²) >= 11 is 6.17. The van der Waals surface area contributed by atoms with E-state index in [0.29, 0.717) is 35.3 Å². The Kier molecular flexibility index (Phi) is 12.9. The van der Waals surface area contributed by atoms with E-state index in [0.717, 1.165) is 23.3 Å². The molecule has 0 saturated heterocycles. The quantitative estimate of drug-likeness (QED) is 0.0959. The maximum absolute atomic E-state index is 14.8. The van der Waals surface area contributed by atoms with Gasteiger partial charge in [-0.05, 0) is 83.8 Å². The molecule has 56 heavy (non-hydrogen) atoms. The van der Waals surface area contributed by atoms with Crippen molar-refractivity contribution in [3.05, 3.63) is 108 Å². The molecule has 1 heterocycles. The van der Waals surface area contributed by atoms with Gasteiger partial charge in [0.15, 0.2) is 0 Å². The number of carbonyl (C=O) groups excluding carboxylic acids is 3. The second-order valence-corrected chi connectivity index (χ2v) is 16.9. The van der Waals surface area contributed by atoms with Gasteiger partial charge >= 0.3 is 12.1 Å². The molecule has 3 aromatic carbocycles. The molecule has 1 saturated carbocycles. The van der Waals surface area contributed by atoms with Crippen molar-refractivity contribution >= 4 is 35.1 Å². The molecule has 2 aliphatic rings. The molecule has 7 atom stereocenters. The van der Waals surface area contributed by atoms with E-state index in [1.54, 1.807) is 57.2 Å². The van der Waals surface area contributed by atoms with E-state index in [4.69, 9.17) is 21.1 Å². The van der Waals surface area contributed by atoms with Crippen LogP contribution in [0.2, 0.25) is 5.02 Å². The number of carbonyl (C=O) groups is 3. The van der Waals surface area contributed by atoms with Crippen LogP contribution in [0.5, 0.6) is 11.5 Å². The maximum Gasteiger partial charge on any atom is 0.416 e. The third-order valence-corrected chi connectivity index (χ3v) is 11.4. The molecular weight excluding hydrogens is 743 g/mol. The van der Waals surface area contributed by atoms with Gasteiger partial charge in [-0.15, -0.1) is 6.58 Å². The first-order valence-electron chi connectivity index (χ1n) is 19.0. The van der Waals surface area contributed by atoms with Crippen LogP contribution in [0.1, 0.15) is 71.1 Å². The fourth-order valence-electron chi connectivity index (χ4n) is 7.12. The fourth-order valence-corrected chi connectivity index (χ4v) is 7.30. The second-order valence-electron chi connectivity index (χ2n) is 16.4. The van der Waals surface area contributed by atoms with Crippen LogP contribution in [-0.2, 0) is 38.3 Å². The molecule has 5 rings (SSSR count). The number of fused-ring (bicyclic) bond motifs is 1. The van der Waals surface area contributed by atoms with Gasteiger partial charge in [-0.25, -0.2) is 4.79 Å². The van der Waals surface area contributed by atoms with Crippen LogP contribution in [0.15, 0.2) is 79.4 Å². The van der Waals surface area contributed by atoms with Crippen LogP contribution < -0.4 is 15.4 Å². The van der Waals surface area contributed by atoms with E-state index in [2.05, 4.69) is 38.0 Å². The van der Waals surface area contributed by atoms with Gasteiger partial charge in [0.05, 0.1) is 12.2 Å². The number of amides is 2. The predicted octanol–water partition coefficient (Wildman–Crippen LogP) is 9.67. The minimum absolute atomic E-state index is 0.0175. The van der Waals surface area contributed by atoms with E-state index >= 15 is 0 Å². The van der Waals surface area contributed by atoms with Gasteiger partial charge in [-0.3, -0.25) is 9.59 Å². The summed E-state index contributed by atoms with van der Waals surface area (Å²) in [4.78, 5) is 44.4. The summed E-state index contributed by atoms with van der Waals surface area (Å²) < 4.78 is 52.8. The van der Waals surface area contributed by atoms with E-state index in [-0.39, 0.29) is 43.0 Å². The zero-order valence-corrected chi connectivity index (χ0v) is 33.6. The van der Waals surface area contributed by atoms with Gasteiger partial charge < -0.3 is 31.9 Å². The Balaban J connectivity index is 1.45. The molecule has 2 amide bonds. The number of ether oxygens (including phenoxy) is 2. The van der Waals surface area contributed by atoms with Crippen LogP contribution in [0, 0.1) is 36.0 Å². The molecule has 0 spiro atoms. The van der Waals surface area contributed by atoms with Crippen molar-refractivity contribution in [2.75, 3.05) is 11.9 Å². The first-order valence-corrected chi connectivity index (χ1v) is 19.4. The molecule has 0 bridgehead atoms. The van der Waals surface area contributed by atoms with Crippen molar-refractivity contribution in [3.8, 4) is 11.5 Å². The molecule has 8 nitrogen and oxygen atoms in total. The van der Waals surface area contributed by atoms with Crippen LogP contribution in [0.4, 0.5) is 18.9 Å². The normalized spacial score (nSPS) is 21.4. The lowest BCUT2D eigenvalue weighted by Gasteiger charge is -2.41. The zero-order valence-electron chi connectivity index (χ0n) is 32.8. The number of anilines is 1. The molecule has 1 fully saturated rings. The number of nitrogens with one attached hydrogen (secondary N) is 2. The maximum atomic E-state index is 14.8. The van der Waals surface area contributed by atoms with Gasteiger partial charge in [0.1, 0.15) is 29.1 Å². The van der Waals surface area contributed by atoms with E-state index in [1.807, 2.05) is 19.1 Å². The smallest absolute Gasteiger partial charge is 0.416 e. The van der Waals surface area contributed by atoms with Gasteiger partial charge in [0.2, 0.25) is 11.8 Å². The van der Waals surface area contributed by atoms with Gasteiger partial charge in [0.25, 0.3) is 0 Å². The Morgan fingerprint density at radius 3 is 2.34 bits per heavy atom. The Morgan fingerprint density at radius 2 is 1.71 bits per heavy atom. The van der Waals surface area contributed by atoms with Crippen molar-refractivity contribution in [1.82, 2.24) is 10.2 Å². The van der Waals surface area contributed by atoms with Crippen molar-refractivity contribution in [1.29, 1.82) is 0 Å². The average Bonchev–Trinajstić information content (AvgIpc) is 3.85. The molecule has 1 aliphatic heterocycles. The highest BCUT2D eigenvalue weighted by Crippen LogP contribution is 2.46. The number of hydrogen-bond acceptors (Lipinski definition) is 6. The van der Waals surface area contributed by atoms with Crippen molar-refractivity contribution in [2.24, 2.45) is 29.1 Å². The van der Waals surface area contributed by atoms with Crippen molar-refractivity contribution in [3.63, 3.8) is 0 Å². The SMILES string of the molecule is C=CC1CC1(NC(=O)C1Cc2cc(Oc3cccc(Cl)c3)ccc2CN1C(=O)C(Nc1cccc(C(F)(F)F)c1)C(C)(C)C)C(=O)OCCC(C)C(C)C([CH2-])C. The summed E-state index contributed by atoms with van der Waals surface area (Å²) in [5, 5.41) is 6.52. The van der Waals surface area contributed by atoms with Crippen LogP contribution in [0.3, 0.4) is 0 Å². The topological polar surface area (TPSA) is 97.0 Å². The molecule has 3 aromatic rings. The molecule has 7 unspecified atom stereocenters. The van der Waals surface area contributed by atoms with Crippen molar-refractivity contribution in [2.45, 2.75) is 91.1 Å². The highest BCUT2D eigenvalue weighted by Gasteiger charge is 2.62. The molecule has 0 aromatic heterocycles. The third kappa shape index (κ3) is 9.89. The molecule has 1 aliphatic carbocycles. The Morgan fingerprint density at radius 1 is 1.02 bits per heavy atom. The van der Waals surface area contributed by atoms with Gasteiger partial charge in [-0.2, -0.15) is 19.1 Å². The van der Waals surface area contributed by atoms with Crippen LogP contribution in [0.25, 0.3) is 0 Å². The lowest BCUT2D eigenvalue weighted by Crippen LogP contribution is -2.60. The van der Waals surface area contributed by atoms with Gasteiger partial charge in [0, 0.05) is 29.6 Å². The summed E-state index contributed by atoms with van der Waals surface area (Å²) in [6.07, 6.45) is -1.98. The Hall–Kier alpha value is -4.51. The lowest BCUT2D eigenvalue weighted by atomic mass is 9.84. The van der Waals surface area contributed by atoms with E-state index in [9.17, 15) is 27.6 Å². The minimum Gasteiger partial charge on any atom is -0.464 e. The summed E-state index contributed by atoms with van der Waals surface area (Å²) in [5.41, 5.74) is -1.39. The summed E-state index contributed by atoms with van der Waals surface area (Å²) in [5.74, 6) is -0.188.